The van der Waals surface area contributed by atoms with E-state index in [1.807, 2.05) is 18.2 Å². The number of aromatic nitrogens is 1. The van der Waals surface area contributed by atoms with Crippen LogP contribution in [0, 0.1) is 0 Å². The summed E-state index contributed by atoms with van der Waals surface area (Å²) in [5.74, 6) is -0.170. The Hall–Kier alpha value is -3.79. The van der Waals surface area contributed by atoms with E-state index in [9.17, 15) is 19.5 Å². The summed E-state index contributed by atoms with van der Waals surface area (Å²) in [5.41, 5.74) is 0.212. The maximum absolute atomic E-state index is 12.5. The fourth-order valence-electron chi connectivity index (χ4n) is 2.64. The fourth-order valence-corrected chi connectivity index (χ4v) is 3.61. The quantitative estimate of drug-likeness (QED) is 0.499. The molecule has 162 valence electrons. The van der Waals surface area contributed by atoms with Gasteiger partial charge in [-0.3, -0.25) is 14.9 Å². The summed E-state index contributed by atoms with van der Waals surface area (Å²) in [6.07, 6.45) is 1.54. The molecule has 3 N–H and O–H groups in total. The van der Waals surface area contributed by atoms with Gasteiger partial charge in [-0.2, -0.15) is 0 Å². The standard InChI is InChI=1S/C21H21N3O6S/c1-4-17(26)30-20-14(11-16(31-20)12-6-5-7-13(10-12)29-3)22-21(28)23-18-15(25)8-9-24(2)19(18)27/h5-11,25H,4H2,1-3H3,(H2,22,23,28). The summed E-state index contributed by atoms with van der Waals surface area (Å²) in [6.45, 7) is 1.66. The number of anilines is 2. The number of methoxy groups -OCH3 is 1. The van der Waals surface area contributed by atoms with Crippen molar-refractivity contribution in [3.8, 4) is 27.0 Å². The van der Waals surface area contributed by atoms with Gasteiger partial charge < -0.3 is 24.5 Å². The number of nitrogens with zero attached hydrogens (tertiary/aromatic N) is 1. The number of hydrogen-bond donors (Lipinski definition) is 3. The number of rotatable bonds is 6. The molecule has 0 saturated carbocycles. The van der Waals surface area contributed by atoms with Gasteiger partial charge in [-0.1, -0.05) is 30.4 Å². The number of carbonyl (C=O) groups excluding carboxylic acids is 2. The van der Waals surface area contributed by atoms with E-state index >= 15 is 0 Å². The molecule has 31 heavy (non-hydrogen) atoms. The highest BCUT2D eigenvalue weighted by molar-refractivity contribution is 7.18. The first-order valence-corrected chi connectivity index (χ1v) is 10.1. The number of benzene rings is 1. The molecule has 1 aromatic carbocycles. The molecule has 0 spiro atoms. The normalized spacial score (nSPS) is 10.4. The molecule has 2 heterocycles. The van der Waals surface area contributed by atoms with Crippen LogP contribution >= 0.6 is 11.3 Å². The van der Waals surface area contributed by atoms with Gasteiger partial charge in [-0.25, -0.2) is 4.79 Å². The number of thiophene rings is 1. The summed E-state index contributed by atoms with van der Waals surface area (Å²) < 4.78 is 11.8. The van der Waals surface area contributed by atoms with Crippen molar-refractivity contribution in [2.24, 2.45) is 7.05 Å². The lowest BCUT2D eigenvalue weighted by molar-refractivity contribution is -0.133. The minimum absolute atomic E-state index is 0.159. The Labute approximate surface area is 181 Å². The number of aromatic hydroxyl groups is 1. The summed E-state index contributed by atoms with van der Waals surface area (Å²) in [6, 6.07) is 9.45. The third-order valence-corrected chi connectivity index (χ3v) is 5.34. The van der Waals surface area contributed by atoms with E-state index in [2.05, 4.69) is 10.6 Å². The number of aryl methyl sites for hydroxylation is 1. The topological polar surface area (TPSA) is 119 Å². The fraction of sp³-hybridized carbons (Fsp3) is 0.190. The summed E-state index contributed by atoms with van der Waals surface area (Å²) >= 11 is 1.18. The smallest absolute Gasteiger partial charge is 0.324 e. The lowest BCUT2D eigenvalue weighted by atomic mass is 10.2. The minimum atomic E-state index is -0.776. The van der Waals surface area contributed by atoms with Crippen molar-refractivity contribution in [2.75, 3.05) is 17.7 Å². The second kappa shape index (κ2) is 9.35. The van der Waals surface area contributed by atoms with Crippen LogP contribution < -0.4 is 25.7 Å². The van der Waals surface area contributed by atoms with E-state index in [0.29, 0.717) is 5.75 Å². The molecule has 2 aromatic heterocycles. The molecule has 0 bridgehead atoms. The number of esters is 1. The monoisotopic (exact) mass is 443 g/mol. The van der Waals surface area contributed by atoms with E-state index in [4.69, 9.17) is 9.47 Å². The van der Waals surface area contributed by atoms with Crippen molar-refractivity contribution in [1.29, 1.82) is 0 Å². The number of nitrogens with one attached hydrogen (secondary N) is 2. The molecule has 0 radical (unpaired) electrons. The number of hydrogen-bond acceptors (Lipinski definition) is 7. The number of carbonyl (C=O) groups is 2. The van der Waals surface area contributed by atoms with Gasteiger partial charge >= 0.3 is 12.0 Å². The summed E-state index contributed by atoms with van der Waals surface area (Å²) in [5, 5.41) is 15.0. The van der Waals surface area contributed by atoms with Gasteiger partial charge in [0.25, 0.3) is 5.56 Å². The van der Waals surface area contributed by atoms with Crippen molar-refractivity contribution in [1.82, 2.24) is 4.57 Å². The van der Waals surface area contributed by atoms with E-state index in [1.165, 1.54) is 35.2 Å². The molecule has 0 atom stereocenters. The number of amides is 2. The first-order valence-electron chi connectivity index (χ1n) is 9.28. The molecule has 0 fully saturated rings. The van der Waals surface area contributed by atoms with Gasteiger partial charge in [-0.15, -0.1) is 0 Å². The third kappa shape index (κ3) is 5.04. The Bertz CT molecular complexity index is 1180. The van der Waals surface area contributed by atoms with E-state index in [-0.39, 0.29) is 28.6 Å². The van der Waals surface area contributed by atoms with Crippen molar-refractivity contribution in [3.05, 3.63) is 52.9 Å². The largest absolute Gasteiger partial charge is 0.505 e. The molecule has 3 rings (SSSR count). The molecule has 9 nitrogen and oxygen atoms in total. The number of ether oxygens (including phenoxy) is 2. The molecule has 10 heteroatoms. The zero-order valence-corrected chi connectivity index (χ0v) is 17.9. The Morgan fingerprint density at radius 2 is 1.97 bits per heavy atom. The Morgan fingerprint density at radius 1 is 1.19 bits per heavy atom. The van der Waals surface area contributed by atoms with Crippen molar-refractivity contribution in [2.45, 2.75) is 13.3 Å². The highest BCUT2D eigenvalue weighted by Crippen LogP contribution is 2.42. The van der Waals surface area contributed by atoms with Crippen LogP contribution in [-0.2, 0) is 11.8 Å². The molecular weight excluding hydrogens is 422 g/mol. The highest BCUT2D eigenvalue weighted by Gasteiger charge is 2.19. The second-order valence-corrected chi connectivity index (χ2v) is 7.46. The van der Waals surface area contributed by atoms with Crippen LogP contribution in [-0.4, -0.2) is 28.8 Å². The predicted octanol–water partition coefficient (Wildman–Crippen LogP) is 3.79. The van der Waals surface area contributed by atoms with Gasteiger partial charge in [0.2, 0.25) is 5.06 Å². The predicted molar refractivity (Wildman–Crippen MR) is 118 cm³/mol. The molecule has 0 saturated heterocycles. The maximum Gasteiger partial charge on any atom is 0.324 e. The molecule has 2 amide bonds. The summed E-state index contributed by atoms with van der Waals surface area (Å²) in [7, 11) is 3.05. The average Bonchev–Trinajstić information content (AvgIpc) is 3.15. The first kappa shape index (κ1) is 21.9. The third-order valence-electron chi connectivity index (χ3n) is 4.28. The number of pyridine rings is 1. The first-order chi connectivity index (χ1) is 14.8. The van der Waals surface area contributed by atoms with Crippen LogP contribution in [0.1, 0.15) is 13.3 Å². The van der Waals surface area contributed by atoms with Gasteiger partial charge in [0, 0.05) is 24.5 Å². The van der Waals surface area contributed by atoms with Gasteiger partial charge in [0.05, 0.1) is 12.8 Å². The maximum atomic E-state index is 12.5. The van der Waals surface area contributed by atoms with E-state index in [1.54, 1.807) is 26.2 Å². The molecular formula is C21H21N3O6S. The van der Waals surface area contributed by atoms with Gasteiger partial charge in [0.1, 0.15) is 11.5 Å². The molecule has 0 aliphatic heterocycles. The average molecular weight is 443 g/mol. The SMILES string of the molecule is CCC(=O)Oc1sc(-c2cccc(OC)c2)cc1NC(=O)Nc1c(O)ccn(C)c1=O. The van der Waals surface area contributed by atoms with Crippen LogP contribution in [0.15, 0.2) is 47.4 Å². The van der Waals surface area contributed by atoms with Crippen LogP contribution in [0.3, 0.4) is 0 Å². The Morgan fingerprint density at radius 3 is 2.68 bits per heavy atom. The molecule has 0 unspecified atom stereocenters. The van der Waals surface area contributed by atoms with Crippen molar-refractivity contribution >= 4 is 34.7 Å². The van der Waals surface area contributed by atoms with Crippen molar-refractivity contribution < 1.29 is 24.2 Å². The molecule has 0 aliphatic rings. The van der Waals surface area contributed by atoms with Crippen LogP contribution in [0.2, 0.25) is 0 Å². The minimum Gasteiger partial charge on any atom is -0.505 e. The zero-order valence-electron chi connectivity index (χ0n) is 17.1. The van der Waals surface area contributed by atoms with Gasteiger partial charge in [-0.05, 0) is 29.8 Å². The highest BCUT2D eigenvalue weighted by atomic mass is 32.1. The van der Waals surface area contributed by atoms with E-state index in [0.717, 1.165) is 10.4 Å². The lowest BCUT2D eigenvalue weighted by Gasteiger charge is -2.10. The number of urea groups is 1. The second-order valence-electron chi connectivity index (χ2n) is 6.44. The molecule has 3 aromatic rings. The van der Waals surface area contributed by atoms with Crippen LogP contribution in [0.4, 0.5) is 16.2 Å². The van der Waals surface area contributed by atoms with Gasteiger partial charge in [0.15, 0.2) is 5.69 Å². The lowest BCUT2D eigenvalue weighted by Crippen LogP contribution is -2.27. The molecule has 0 aliphatic carbocycles. The van der Waals surface area contributed by atoms with Crippen molar-refractivity contribution in [3.63, 3.8) is 0 Å². The zero-order chi connectivity index (χ0) is 22.5. The Balaban J connectivity index is 1.91. The Kier molecular flexibility index (Phi) is 6.61. The van der Waals surface area contributed by atoms with E-state index < -0.39 is 17.6 Å². The van der Waals surface area contributed by atoms with Crippen LogP contribution in [0.5, 0.6) is 16.6 Å². The summed E-state index contributed by atoms with van der Waals surface area (Å²) in [4.78, 5) is 37.2. The van der Waals surface area contributed by atoms with Crippen LogP contribution in [0.25, 0.3) is 10.4 Å².